The fourth-order valence-electron chi connectivity index (χ4n) is 2.67. The zero-order valence-corrected chi connectivity index (χ0v) is 14.1. The van der Waals surface area contributed by atoms with E-state index in [1.165, 1.54) is 0 Å². The summed E-state index contributed by atoms with van der Waals surface area (Å²) in [6.07, 6.45) is 2.18. The first-order valence-electron chi connectivity index (χ1n) is 7.68. The van der Waals surface area contributed by atoms with Crippen LogP contribution in [0.25, 0.3) is 32.9 Å². The molecule has 0 bridgehead atoms. The second-order valence-corrected chi connectivity index (χ2v) is 6.55. The molecule has 0 aliphatic rings. The number of anilines is 1. The number of aromatic nitrogens is 1. The zero-order chi connectivity index (χ0) is 18.1. The first-order valence-corrected chi connectivity index (χ1v) is 8.50. The quantitative estimate of drug-likeness (QED) is 0.509. The second-order valence-electron chi connectivity index (χ2n) is 5.50. The van der Waals surface area contributed by atoms with Crippen LogP contribution in [0.1, 0.15) is 9.67 Å². The van der Waals surface area contributed by atoms with Gasteiger partial charge in [0.2, 0.25) is 6.41 Å². The molecule has 4 rings (SSSR count). The van der Waals surface area contributed by atoms with Gasteiger partial charge in [-0.1, -0.05) is 24.3 Å². The molecule has 2 N–H and O–H groups in total. The van der Waals surface area contributed by atoms with Crippen LogP contribution in [0.4, 0.5) is 5.69 Å². The number of carbonyl (C=O) groups is 2. The lowest BCUT2D eigenvalue weighted by Gasteiger charge is -2.00. The first kappa shape index (κ1) is 16.0. The minimum absolute atomic E-state index is 0.0968. The van der Waals surface area contributed by atoms with E-state index < -0.39 is 5.97 Å². The Morgan fingerprint density at radius 2 is 1.92 bits per heavy atom. The van der Waals surface area contributed by atoms with Crippen molar-refractivity contribution in [1.82, 2.24) is 4.98 Å². The lowest BCUT2D eigenvalue weighted by molar-refractivity contribution is -0.105. The first-order chi connectivity index (χ1) is 12.7. The highest BCUT2D eigenvalue weighted by molar-refractivity contribution is 7.18. The molecule has 0 aliphatic carbocycles. The summed E-state index contributed by atoms with van der Waals surface area (Å²) in [6, 6.07) is 14.8. The maximum absolute atomic E-state index is 11.3. The third-order valence-corrected chi connectivity index (χ3v) is 5.05. The van der Waals surface area contributed by atoms with Gasteiger partial charge in [-0.3, -0.25) is 9.78 Å². The number of carboxylic acid groups (broad SMARTS) is 1. The summed E-state index contributed by atoms with van der Waals surface area (Å²) in [5.74, 6) is -0.358. The van der Waals surface area contributed by atoms with E-state index in [2.05, 4.69) is 10.3 Å². The summed E-state index contributed by atoms with van der Waals surface area (Å²) in [7, 11) is 0. The number of nitrogens with zero attached hydrogens (tertiary/aromatic N) is 1. The number of amides is 1. The normalized spacial score (nSPS) is 10.8. The standard InChI is InChI=1S/C19H12N2O4S/c22-10-21-14-9-17(26-18(14)19(23)24)12-5-3-11(4-6-12)16-8-13-15(25-16)2-1-7-20-13/h1-10H,(H,21,22)(H,23,24). The summed E-state index contributed by atoms with van der Waals surface area (Å²) in [5.41, 5.74) is 3.56. The van der Waals surface area contributed by atoms with E-state index in [4.69, 9.17) is 4.42 Å². The topological polar surface area (TPSA) is 92.4 Å². The van der Waals surface area contributed by atoms with Crippen LogP contribution in [0, 0.1) is 0 Å². The third kappa shape index (κ3) is 2.84. The minimum Gasteiger partial charge on any atom is -0.477 e. The molecule has 3 aromatic heterocycles. The van der Waals surface area contributed by atoms with Crippen LogP contribution in [0.15, 0.2) is 59.1 Å². The Morgan fingerprint density at radius 1 is 1.15 bits per heavy atom. The van der Waals surface area contributed by atoms with Crippen molar-refractivity contribution in [3.8, 4) is 21.8 Å². The number of carboxylic acids is 1. The summed E-state index contributed by atoms with van der Waals surface area (Å²) in [4.78, 5) is 27.1. The van der Waals surface area contributed by atoms with Gasteiger partial charge in [-0.05, 0) is 23.8 Å². The number of aromatic carboxylic acids is 1. The van der Waals surface area contributed by atoms with Crippen molar-refractivity contribution >= 4 is 40.5 Å². The van der Waals surface area contributed by atoms with Crippen molar-refractivity contribution in [3.63, 3.8) is 0 Å². The number of furan rings is 1. The van der Waals surface area contributed by atoms with Gasteiger partial charge < -0.3 is 14.8 Å². The summed E-state index contributed by atoms with van der Waals surface area (Å²) in [5, 5.41) is 11.7. The van der Waals surface area contributed by atoms with Crippen LogP contribution in [-0.4, -0.2) is 22.5 Å². The molecular weight excluding hydrogens is 352 g/mol. The second kappa shape index (κ2) is 6.45. The lowest BCUT2D eigenvalue weighted by Crippen LogP contribution is -2.00. The zero-order valence-electron chi connectivity index (χ0n) is 13.3. The molecule has 0 fully saturated rings. The largest absolute Gasteiger partial charge is 0.477 e. The molecular formula is C19H12N2O4S. The van der Waals surface area contributed by atoms with Crippen LogP contribution in [-0.2, 0) is 4.79 Å². The monoisotopic (exact) mass is 364 g/mol. The van der Waals surface area contributed by atoms with Gasteiger partial charge in [-0.25, -0.2) is 4.79 Å². The molecule has 0 radical (unpaired) electrons. The summed E-state index contributed by atoms with van der Waals surface area (Å²) in [6.45, 7) is 0. The van der Waals surface area contributed by atoms with Gasteiger partial charge in [0, 0.05) is 22.7 Å². The van der Waals surface area contributed by atoms with Crippen LogP contribution in [0.2, 0.25) is 0 Å². The number of rotatable bonds is 5. The van der Waals surface area contributed by atoms with Crippen molar-refractivity contribution in [2.24, 2.45) is 0 Å². The Hall–Kier alpha value is -3.45. The molecule has 0 unspecified atom stereocenters. The average molecular weight is 364 g/mol. The van der Waals surface area contributed by atoms with Crippen molar-refractivity contribution in [1.29, 1.82) is 0 Å². The Morgan fingerprint density at radius 3 is 2.62 bits per heavy atom. The molecule has 0 saturated heterocycles. The molecule has 1 amide bonds. The Labute approximate surface area is 151 Å². The number of hydrogen-bond acceptors (Lipinski definition) is 5. The Bertz CT molecular complexity index is 1080. The predicted octanol–water partition coefficient (Wildman–Crippen LogP) is 4.49. The van der Waals surface area contributed by atoms with Gasteiger partial charge >= 0.3 is 5.97 Å². The van der Waals surface area contributed by atoms with E-state index >= 15 is 0 Å². The van der Waals surface area contributed by atoms with E-state index in [9.17, 15) is 14.7 Å². The Balaban J connectivity index is 1.68. The molecule has 3 heterocycles. The molecule has 0 spiro atoms. The van der Waals surface area contributed by atoms with Gasteiger partial charge in [-0.15, -0.1) is 11.3 Å². The van der Waals surface area contributed by atoms with Crippen molar-refractivity contribution in [2.45, 2.75) is 0 Å². The molecule has 128 valence electrons. The van der Waals surface area contributed by atoms with E-state index in [0.717, 1.165) is 38.4 Å². The number of nitrogens with one attached hydrogen (secondary N) is 1. The van der Waals surface area contributed by atoms with Gasteiger partial charge in [0.1, 0.15) is 16.2 Å². The fourth-order valence-corrected chi connectivity index (χ4v) is 3.64. The lowest BCUT2D eigenvalue weighted by atomic mass is 10.1. The highest BCUT2D eigenvalue weighted by atomic mass is 32.1. The van der Waals surface area contributed by atoms with Crippen molar-refractivity contribution in [2.75, 3.05) is 5.32 Å². The summed E-state index contributed by atoms with van der Waals surface area (Å²) >= 11 is 1.11. The summed E-state index contributed by atoms with van der Waals surface area (Å²) < 4.78 is 5.80. The van der Waals surface area contributed by atoms with Crippen LogP contribution in [0.5, 0.6) is 0 Å². The maximum atomic E-state index is 11.3. The van der Waals surface area contributed by atoms with E-state index in [0.29, 0.717) is 17.9 Å². The number of carbonyl (C=O) groups excluding carboxylic acids is 1. The van der Waals surface area contributed by atoms with Gasteiger partial charge in [0.25, 0.3) is 0 Å². The molecule has 6 nitrogen and oxygen atoms in total. The number of fused-ring (bicyclic) bond motifs is 1. The molecule has 0 aliphatic heterocycles. The molecule has 1 aromatic carbocycles. The highest BCUT2D eigenvalue weighted by Gasteiger charge is 2.16. The van der Waals surface area contributed by atoms with Gasteiger partial charge in [0.15, 0.2) is 5.58 Å². The maximum Gasteiger partial charge on any atom is 0.348 e. The van der Waals surface area contributed by atoms with E-state index in [1.807, 2.05) is 42.5 Å². The predicted molar refractivity (Wildman–Crippen MR) is 99.4 cm³/mol. The van der Waals surface area contributed by atoms with Crippen LogP contribution >= 0.6 is 11.3 Å². The van der Waals surface area contributed by atoms with Gasteiger partial charge in [0.05, 0.1) is 5.69 Å². The van der Waals surface area contributed by atoms with E-state index in [-0.39, 0.29) is 4.88 Å². The number of thiophene rings is 1. The highest BCUT2D eigenvalue weighted by Crippen LogP contribution is 2.36. The SMILES string of the molecule is O=CNc1cc(-c2ccc(-c3cc4ncccc4o3)cc2)sc1C(=O)O. The number of benzene rings is 1. The third-order valence-electron chi connectivity index (χ3n) is 3.88. The number of pyridine rings is 1. The van der Waals surface area contributed by atoms with E-state index in [1.54, 1.807) is 12.3 Å². The van der Waals surface area contributed by atoms with Crippen LogP contribution < -0.4 is 5.32 Å². The molecule has 26 heavy (non-hydrogen) atoms. The smallest absolute Gasteiger partial charge is 0.348 e. The Kier molecular flexibility index (Phi) is 3.98. The molecule has 4 aromatic rings. The average Bonchev–Trinajstić information content (AvgIpc) is 3.26. The molecule has 0 atom stereocenters. The molecule has 0 saturated carbocycles. The van der Waals surface area contributed by atoms with Crippen LogP contribution in [0.3, 0.4) is 0 Å². The molecule has 7 heteroatoms. The van der Waals surface area contributed by atoms with Gasteiger partial charge in [-0.2, -0.15) is 0 Å². The van der Waals surface area contributed by atoms with Crippen molar-refractivity contribution < 1.29 is 19.1 Å². The van der Waals surface area contributed by atoms with Crippen molar-refractivity contribution in [3.05, 3.63) is 59.6 Å². The number of hydrogen-bond donors (Lipinski definition) is 2. The fraction of sp³-hybridized carbons (Fsp3) is 0. The minimum atomic E-state index is -1.07.